The monoisotopic (exact) mass is 309 g/mol. The van der Waals surface area contributed by atoms with Crippen molar-refractivity contribution in [2.24, 2.45) is 0 Å². The van der Waals surface area contributed by atoms with Crippen molar-refractivity contribution in [1.82, 2.24) is 15.1 Å². The van der Waals surface area contributed by atoms with Crippen molar-refractivity contribution < 1.29 is 4.79 Å². The molecule has 0 spiro atoms. The minimum absolute atomic E-state index is 0.0278. The van der Waals surface area contributed by atoms with E-state index in [-0.39, 0.29) is 18.1 Å². The van der Waals surface area contributed by atoms with Crippen LogP contribution in [-0.4, -0.2) is 47.9 Å². The van der Waals surface area contributed by atoms with Gasteiger partial charge in [-0.15, -0.1) is 11.3 Å². The van der Waals surface area contributed by atoms with Gasteiger partial charge in [0, 0.05) is 17.5 Å². The first-order chi connectivity index (χ1) is 10.0. The number of hydrogen-bond donors (Lipinski definition) is 1. The molecule has 0 aliphatic carbocycles. The number of nitrogens with one attached hydrogen (secondary N) is 1. The molecule has 4 nitrogen and oxygen atoms in total. The van der Waals surface area contributed by atoms with Crippen LogP contribution in [0.1, 0.15) is 44.7 Å². The molecule has 0 radical (unpaired) electrons. The second kappa shape index (κ2) is 7.38. The van der Waals surface area contributed by atoms with Crippen molar-refractivity contribution in [3.8, 4) is 0 Å². The fourth-order valence-corrected chi connectivity index (χ4v) is 3.44. The molecule has 2 rings (SSSR count). The summed E-state index contributed by atoms with van der Waals surface area (Å²) in [4.78, 5) is 18.1. The fraction of sp³-hybridized carbons (Fsp3) is 0.688. The van der Waals surface area contributed by atoms with Gasteiger partial charge in [0.05, 0.1) is 6.04 Å². The summed E-state index contributed by atoms with van der Waals surface area (Å²) in [7, 11) is 2.14. The standard InChI is InChI=1S/C16H27N3OS/c1-5-13-16(20)19(10-7-9-18(4)12(2)3)15(17-13)14-8-6-11-21-14/h6,8,11-13,15,17H,5,7,9-10H2,1-4H3. The van der Waals surface area contributed by atoms with Crippen LogP contribution >= 0.6 is 11.3 Å². The Morgan fingerprint density at radius 2 is 2.24 bits per heavy atom. The smallest absolute Gasteiger partial charge is 0.241 e. The molecule has 5 heteroatoms. The Kier molecular flexibility index (Phi) is 5.79. The summed E-state index contributed by atoms with van der Waals surface area (Å²) in [5, 5.41) is 5.55. The molecule has 21 heavy (non-hydrogen) atoms. The van der Waals surface area contributed by atoms with E-state index in [1.54, 1.807) is 11.3 Å². The molecule has 118 valence electrons. The minimum atomic E-state index is -0.0278. The van der Waals surface area contributed by atoms with Crippen LogP contribution in [0, 0.1) is 0 Å². The van der Waals surface area contributed by atoms with E-state index < -0.39 is 0 Å². The summed E-state index contributed by atoms with van der Waals surface area (Å²) in [6.07, 6.45) is 1.93. The maximum atomic E-state index is 12.5. The molecule has 1 aliphatic heterocycles. The molecule has 0 aromatic carbocycles. The Morgan fingerprint density at radius 1 is 1.48 bits per heavy atom. The van der Waals surface area contributed by atoms with Gasteiger partial charge < -0.3 is 9.80 Å². The van der Waals surface area contributed by atoms with E-state index in [1.165, 1.54) is 4.88 Å². The molecule has 2 unspecified atom stereocenters. The van der Waals surface area contributed by atoms with Crippen molar-refractivity contribution >= 4 is 17.2 Å². The molecule has 1 aromatic heterocycles. The van der Waals surface area contributed by atoms with Crippen molar-refractivity contribution in [2.45, 2.75) is 51.9 Å². The average Bonchev–Trinajstić information content (AvgIpc) is 3.07. The normalized spacial score (nSPS) is 22.8. The number of thiophene rings is 1. The van der Waals surface area contributed by atoms with Crippen molar-refractivity contribution in [1.29, 1.82) is 0 Å². The first-order valence-electron chi connectivity index (χ1n) is 7.84. The molecule has 0 bridgehead atoms. The highest BCUT2D eigenvalue weighted by Gasteiger charge is 2.38. The third kappa shape index (κ3) is 3.84. The Balaban J connectivity index is 1.98. The van der Waals surface area contributed by atoms with Crippen LogP contribution in [0.25, 0.3) is 0 Å². The Hall–Kier alpha value is -0.910. The Morgan fingerprint density at radius 3 is 2.81 bits per heavy atom. The second-order valence-electron chi connectivity index (χ2n) is 6.00. The highest BCUT2D eigenvalue weighted by atomic mass is 32.1. The highest BCUT2D eigenvalue weighted by Crippen LogP contribution is 2.29. The molecule has 1 aliphatic rings. The summed E-state index contributed by atoms with van der Waals surface area (Å²) in [6.45, 7) is 8.31. The predicted octanol–water partition coefficient (Wildman–Crippen LogP) is 2.69. The fourth-order valence-electron chi connectivity index (χ4n) is 2.64. The number of nitrogens with zero attached hydrogens (tertiary/aromatic N) is 2. The van der Waals surface area contributed by atoms with E-state index in [4.69, 9.17) is 0 Å². The number of carbonyl (C=O) groups is 1. The van der Waals surface area contributed by atoms with Crippen LogP contribution in [0.15, 0.2) is 17.5 Å². The number of carbonyl (C=O) groups excluding carboxylic acids is 1. The lowest BCUT2D eigenvalue weighted by Crippen LogP contribution is -2.34. The third-order valence-electron chi connectivity index (χ3n) is 4.26. The van der Waals surface area contributed by atoms with Crippen LogP contribution in [0.3, 0.4) is 0 Å². The van der Waals surface area contributed by atoms with Crippen molar-refractivity contribution in [3.05, 3.63) is 22.4 Å². The van der Waals surface area contributed by atoms with E-state index >= 15 is 0 Å². The summed E-state index contributed by atoms with van der Waals surface area (Å²) in [5.41, 5.74) is 0. The van der Waals surface area contributed by atoms with Crippen LogP contribution in [-0.2, 0) is 4.79 Å². The zero-order valence-electron chi connectivity index (χ0n) is 13.5. The molecular formula is C16H27N3OS. The van der Waals surface area contributed by atoms with E-state index in [2.05, 4.69) is 55.5 Å². The quantitative estimate of drug-likeness (QED) is 0.841. The number of hydrogen-bond acceptors (Lipinski definition) is 4. The largest absolute Gasteiger partial charge is 0.321 e. The van der Waals surface area contributed by atoms with Crippen LogP contribution in [0.2, 0.25) is 0 Å². The van der Waals surface area contributed by atoms with Crippen LogP contribution in [0.4, 0.5) is 0 Å². The van der Waals surface area contributed by atoms with E-state index in [1.807, 2.05) is 4.90 Å². The zero-order valence-corrected chi connectivity index (χ0v) is 14.3. The first-order valence-corrected chi connectivity index (χ1v) is 8.72. The second-order valence-corrected chi connectivity index (χ2v) is 6.98. The molecule has 1 saturated heterocycles. The molecule has 1 amide bonds. The van der Waals surface area contributed by atoms with E-state index in [0.717, 1.165) is 25.9 Å². The van der Waals surface area contributed by atoms with E-state index in [0.29, 0.717) is 6.04 Å². The van der Waals surface area contributed by atoms with Gasteiger partial charge in [-0.25, -0.2) is 0 Å². The Labute approximate surface area is 132 Å². The SMILES string of the molecule is CCC1NC(c2cccs2)N(CCCN(C)C(C)C)C1=O. The molecule has 1 fully saturated rings. The molecule has 1 N–H and O–H groups in total. The summed E-state index contributed by atoms with van der Waals surface area (Å²) in [5.74, 6) is 0.253. The summed E-state index contributed by atoms with van der Waals surface area (Å²) < 4.78 is 0. The van der Waals surface area contributed by atoms with Crippen LogP contribution < -0.4 is 5.32 Å². The van der Waals surface area contributed by atoms with Gasteiger partial charge in [-0.1, -0.05) is 13.0 Å². The molecule has 2 atom stereocenters. The Bertz CT molecular complexity index is 446. The number of rotatable bonds is 7. The average molecular weight is 309 g/mol. The van der Waals surface area contributed by atoms with Gasteiger partial charge in [0.15, 0.2) is 0 Å². The lowest BCUT2D eigenvalue weighted by molar-refractivity contribution is -0.130. The molecule has 0 saturated carbocycles. The van der Waals surface area contributed by atoms with Gasteiger partial charge in [0.2, 0.25) is 5.91 Å². The lowest BCUT2D eigenvalue weighted by atomic mass is 10.2. The minimum Gasteiger partial charge on any atom is -0.321 e. The predicted molar refractivity (Wildman–Crippen MR) is 88.4 cm³/mol. The van der Waals surface area contributed by atoms with Crippen molar-refractivity contribution in [2.75, 3.05) is 20.1 Å². The molecule has 2 heterocycles. The summed E-state index contributed by atoms with van der Waals surface area (Å²) in [6, 6.07) is 4.69. The molecule has 1 aromatic rings. The van der Waals surface area contributed by atoms with Gasteiger partial charge >= 0.3 is 0 Å². The van der Waals surface area contributed by atoms with Crippen LogP contribution in [0.5, 0.6) is 0 Å². The lowest BCUT2D eigenvalue weighted by Gasteiger charge is -2.26. The van der Waals surface area contributed by atoms with Gasteiger partial charge in [0.1, 0.15) is 6.17 Å². The van der Waals surface area contributed by atoms with Gasteiger partial charge in [0.25, 0.3) is 0 Å². The summed E-state index contributed by atoms with van der Waals surface area (Å²) >= 11 is 1.72. The highest BCUT2D eigenvalue weighted by molar-refractivity contribution is 7.10. The maximum Gasteiger partial charge on any atom is 0.241 e. The van der Waals surface area contributed by atoms with Gasteiger partial charge in [-0.3, -0.25) is 10.1 Å². The number of amides is 1. The maximum absolute atomic E-state index is 12.5. The topological polar surface area (TPSA) is 35.6 Å². The zero-order chi connectivity index (χ0) is 15.4. The van der Waals surface area contributed by atoms with Crippen molar-refractivity contribution in [3.63, 3.8) is 0 Å². The third-order valence-corrected chi connectivity index (χ3v) is 5.19. The van der Waals surface area contributed by atoms with E-state index in [9.17, 15) is 4.79 Å². The first kappa shape index (κ1) is 16.5. The van der Waals surface area contributed by atoms with Gasteiger partial charge in [-0.05, 0) is 51.7 Å². The van der Waals surface area contributed by atoms with Gasteiger partial charge in [-0.2, -0.15) is 0 Å². The molecular weight excluding hydrogens is 282 g/mol.